The molecule has 2 heterocycles. The van der Waals surface area contributed by atoms with E-state index in [4.69, 9.17) is 9.47 Å². The number of fused-ring (bicyclic) bond motifs is 1. The number of imidazole rings is 1. The van der Waals surface area contributed by atoms with E-state index in [9.17, 15) is 15.0 Å². The number of amides is 1. The first-order chi connectivity index (χ1) is 13.1. The van der Waals surface area contributed by atoms with Crippen LogP contribution in [-0.2, 0) is 4.74 Å². The van der Waals surface area contributed by atoms with Crippen LogP contribution in [0.25, 0.3) is 11.2 Å². The first-order valence-electron chi connectivity index (χ1n) is 8.90. The quantitative estimate of drug-likeness (QED) is 0.671. The zero-order valence-electron chi connectivity index (χ0n) is 16.3. The van der Waals surface area contributed by atoms with Gasteiger partial charge in [0.15, 0.2) is 11.2 Å². The molecule has 0 aromatic carbocycles. The predicted molar refractivity (Wildman–Crippen MR) is 101 cm³/mol. The number of carbonyl (C=O) groups excluding carboxylic acids is 1. The van der Waals surface area contributed by atoms with Gasteiger partial charge in [-0.1, -0.05) is 6.58 Å². The fraction of sp³-hybridized carbons (Fsp3) is 0.556. The van der Waals surface area contributed by atoms with E-state index in [1.807, 2.05) is 0 Å². The number of anilines is 1. The molecular weight excluding hydrogens is 366 g/mol. The van der Waals surface area contributed by atoms with Gasteiger partial charge >= 0.3 is 6.09 Å². The Hall–Kier alpha value is -2.72. The number of carbonyl (C=O) groups is 1. The second-order valence-corrected chi connectivity index (χ2v) is 7.69. The highest BCUT2D eigenvalue weighted by atomic mass is 16.6. The van der Waals surface area contributed by atoms with E-state index in [1.54, 1.807) is 31.7 Å². The lowest BCUT2D eigenvalue weighted by Crippen LogP contribution is -2.28. The highest BCUT2D eigenvalue weighted by molar-refractivity contribution is 5.85. The molecule has 1 fully saturated rings. The average Bonchev–Trinajstić information content (AvgIpc) is 3.12. The molecule has 3 atom stereocenters. The van der Waals surface area contributed by atoms with Crippen LogP contribution in [-0.4, -0.2) is 61.2 Å². The number of rotatable bonds is 4. The zero-order chi connectivity index (χ0) is 20.6. The Labute approximate surface area is 162 Å². The lowest BCUT2D eigenvalue weighted by Gasteiger charge is -2.19. The molecule has 10 heteroatoms. The van der Waals surface area contributed by atoms with E-state index >= 15 is 0 Å². The summed E-state index contributed by atoms with van der Waals surface area (Å²) in [6.07, 6.45) is 0.530. The van der Waals surface area contributed by atoms with Crippen LogP contribution in [0.3, 0.4) is 0 Å². The van der Waals surface area contributed by atoms with Gasteiger partial charge in [-0.05, 0) is 32.8 Å². The van der Waals surface area contributed by atoms with Crippen molar-refractivity contribution in [3.63, 3.8) is 0 Å². The van der Waals surface area contributed by atoms with Crippen LogP contribution in [0.2, 0.25) is 0 Å². The number of hydrogen-bond acceptors (Lipinski definition) is 8. The van der Waals surface area contributed by atoms with Crippen LogP contribution >= 0.6 is 0 Å². The smallest absolute Gasteiger partial charge is 0.414 e. The molecule has 3 rings (SSSR count). The summed E-state index contributed by atoms with van der Waals surface area (Å²) in [5.41, 5.74) is 0.840. The number of ether oxygens (including phenoxy) is 2. The number of hydrogen-bond donors (Lipinski definition) is 3. The van der Waals surface area contributed by atoms with Gasteiger partial charge in [0.05, 0.1) is 32.2 Å². The van der Waals surface area contributed by atoms with Gasteiger partial charge < -0.3 is 24.3 Å². The third kappa shape index (κ3) is 3.78. The van der Waals surface area contributed by atoms with Gasteiger partial charge in [-0.15, -0.1) is 0 Å². The molecular formula is C18H25N5O5. The van der Waals surface area contributed by atoms with Gasteiger partial charge in [0, 0.05) is 5.92 Å². The van der Waals surface area contributed by atoms with Gasteiger partial charge in [0.25, 0.3) is 0 Å². The topological polar surface area (TPSA) is 132 Å². The Morgan fingerprint density at radius 3 is 2.71 bits per heavy atom. The summed E-state index contributed by atoms with van der Waals surface area (Å²) in [6.45, 7) is 9.09. The van der Waals surface area contributed by atoms with Gasteiger partial charge in [0.2, 0.25) is 11.8 Å². The Bertz CT molecular complexity index is 904. The van der Waals surface area contributed by atoms with Gasteiger partial charge in [-0.2, -0.15) is 9.97 Å². The standard InChI is InChI=1S/C18H25N5O5/c1-9-10(7-24)12(25)6-11(9)23-8-19-13-14(23)20-16(21-15(13)27-5)22-17(26)28-18(2,3)4/h8,10-12,24-25H,1,6-7H2,2-5H3,(H,20,21,22,26)/t10-,11-,12?/m0/s1. The van der Waals surface area contributed by atoms with Crippen molar-refractivity contribution in [3.05, 3.63) is 18.5 Å². The highest BCUT2D eigenvalue weighted by Gasteiger charge is 2.38. The minimum atomic E-state index is -0.706. The van der Waals surface area contributed by atoms with Crippen LogP contribution in [0.4, 0.5) is 10.7 Å². The minimum Gasteiger partial charge on any atom is -0.479 e. The summed E-state index contributed by atoms with van der Waals surface area (Å²) in [5, 5.41) is 22.2. The summed E-state index contributed by atoms with van der Waals surface area (Å²) in [5.74, 6) is -0.216. The summed E-state index contributed by atoms with van der Waals surface area (Å²) in [7, 11) is 1.44. The molecule has 0 spiro atoms. The third-order valence-electron chi connectivity index (χ3n) is 4.56. The van der Waals surface area contributed by atoms with E-state index < -0.39 is 23.7 Å². The maximum Gasteiger partial charge on any atom is 0.414 e. The summed E-state index contributed by atoms with van der Waals surface area (Å²) in [6, 6.07) is -0.300. The van der Waals surface area contributed by atoms with Gasteiger partial charge in [-0.3, -0.25) is 5.32 Å². The zero-order valence-corrected chi connectivity index (χ0v) is 16.3. The summed E-state index contributed by atoms with van der Waals surface area (Å²) in [4.78, 5) is 24.9. The van der Waals surface area contributed by atoms with Crippen LogP contribution in [0.15, 0.2) is 18.5 Å². The first-order valence-corrected chi connectivity index (χ1v) is 8.90. The Morgan fingerprint density at radius 1 is 1.43 bits per heavy atom. The van der Waals surface area contributed by atoms with E-state index in [0.29, 0.717) is 23.2 Å². The predicted octanol–water partition coefficient (Wildman–Crippen LogP) is 1.65. The van der Waals surface area contributed by atoms with Crippen molar-refractivity contribution >= 4 is 23.2 Å². The second-order valence-electron chi connectivity index (χ2n) is 7.69. The molecule has 0 aliphatic heterocycles. The second kappa shape index (κ2) is 7.36. The maximum atomic E-state index is 12.1. The van der Waals surface area contributed by atoms with Crippen LogP contribution < -0.4 is 10.1 Å². The Morgan fingerprint density at radius 2 is 2.14 bits per heavy atom. The normalized spacial score (nSPS) is 22.5. The Kier molecular flexibility index (Phi) is 5.26. The summed E-state index contributed by atoms with van der Waals surface area (Å²) >= 11 is 0. The third-order valence-corrected chi connectivity index (χ3v) is 4.56. The van der Waals surface area contributed by atoms with Gasteiger partial charge in [0.1, 0.15) is 5.60 Å². The fourth-order valence-corrected chi connectivity index (χ4v) is 3.28. The molecule has 1 amide bonds. The molecule has 1 unspecified atom stereocenters. The van der Waals surface area contributed by atoms with Gasteiger partial charge in [-0.25, -0.2) is 9.78 Å². The number of aliphatic hydroxyl groups excluding tert-OH is 2. The number of nitrogens with zero attached hydrogens (tertiary/aromatic N) is 4. The molecule has 0 radical (unpaired) electrons. The molecule has 1 aliphatic rings. The van der Waals surface area contributed by atoms with Crippen molar-refractivity contribution in [2.45, 2.75) is 44.9 Å². The molecule has 2 aromatic rings. The molecule has 2 aromatic heterocycles. The number of aromatic nitrogens is 4. The van der Waals surface area contributed by atoms with Crippen LogP contribution in [0, 0.1) is 5.92 Å². The first kappa shape index (κ1) is 20.0. The number of nitrogens with one attached hydrogen (secondary N) is 1. The lowest BCUT2D eigenvalue weighted by atomic mass is 10.0. The van der Waals surface area contributed by atoms with E-state index in [0.717, 1.165) is 0 Å². The minimum absolute atomic E-state index is 0.00298. The van der Waals surface area contributed by atoms with Crippen LogP contribution in [0.1, 0.15) is 33.2 Å². The molecule has 0 bridgehead atoms. The van der Waals surface area contributed by atoms with E-state index in [1.165, 1.54) is 7.11 Å². The molecule has 152 valence electrons. The molecule has 0 saturated heterocycles. The van der Waals surface area contributed by atoms with Crippen molar-refractivity contribution in [1.29, 1.82) is 0 Å². The molecule has 28 heavy (non-hydrogen) atoms. The van der Waals surface area contributed by atoms with Crippen LogP contribution in [0.5, 0.6) is 5.88 Å². The monoisotopic (exact) mass is 391 g/mol. The van der Waals surface area contributed by atoms with Crippen molar-refractivity contribution in [2.24, 2.45) is 5.92 Å². The highest BCUT2D eigenvalue weighted by Crippen LogP contribution is 2.40. The molecule has 1 saturated carbocycles. The molecule has 1 aliphatic carbocycles. The largest absolute Gasteiger partial charge is 0.479 e. The average molecular weight is 391 g/mol. The molecule has 3 N–H and O–H groups in total. The lowest BCUT2D eigenvalue weighted by molar-refractivity contribution is 0.0634. The summed E-state index contributed by atoms with van der Waals surface area (Å²) < 4.78 is 12.3. The maximum absolute atomic E-state index is 12.1. The number of methoxy groups -OCH3 is 1. The van der Waals surface area contributed by atoms with Crippen molar-refractivity contribution in [1.82, 2.24) is 19.5 Å². The molecule has 10 nitrogen and oxygen atoms in total. The van der Waals surface area contributed by atoms with Crippen molar-refractivity contribution in [2.75, 3.05) is 19.0 Å². The fourth-order valence-electron chi connectivity index (χ4n) is 3.28. The van der Waals surface area contributed by atoms with Crippen molar-refractivity contribution < 1.29 is 24.5 Å². The number of aliphatic hydroxyl groups is 2. The SMILES string of the molecule is C=C1[C@H](CO)C(O)C[C@@H]1n1cnc2c(OC)nc(NC(=O)OC(C)(C)C)nc21. The van der Waals surface area contributed by atoms with Crippen molar-refractivity contribution in [3.8, 4) is 5.88 Å². The van der Waals surface area contributed by atoms with E-state index in [2.05, 4.69) is 26.8 Å². The van der Waals surface area contributed by atoms with E-state index in [-0.39, 0.29) is 24.5 Å². The Balaban J connectivity index is 1.98.